The van der Waals surface area contributed by atoms with Crippen LogP contribution in [0.5, 0.6) is 0 Å². The van der Waals surface area contributed by atoms with E-state index in [1.54, 1.807) is 48.5 Å². The van der Waals surface area contributed by atoms with Gasteiger partial charge in [0.1, 0.15) is 30.1 Å². The van der Waals surface area contributed by atoms with Crippen molar-refractivity contribution in [3.8, 4) is 0 Å². The van der Waals surface area contributed by atoms with Crippen molar-refractivity contribution >= 4 is 28.7 Å². The highest BCUT2D eigenvalue weighted by atomic mass is 16.6. The van der Waals surface area contributed by atoms with E-state index >= 15 is 0 Å². The second kappa shape index (κ2) is 10.6. The standard InChI is InChI=1S/C26H26N6O6/c27-17(10-14-6-8-16(9-7-14)20(34)15-4-2-1-3-5-15)26(36)38-22-21(35)18(11-33)37-25(22)32-13-31-19-23(28)29-12-30-24(19)32/h1-9,12-13,17-18,21-22,25,33,35H,10-11,27H2,(H2,28,29,30)/t17?,18-,21-,22+,25-/m0/s1. The van der Waals surface area contributed by atoms with Gasteiger partial charge in [0, 0.05) is 11.1 Å². The summed E-state index contributed by atoms with van der Waals surface area (Å²) < 4.78 is 12.8. The number of benzene rings is 2. The molecule has 4 aromatic rings. The van der Waals surface area contributed by atoms with Crippen LogP contribution in [0.15, 0.2) is 67.3 Å². The minimum atomic E-state index is -1.33. The van der Waals surface area contributed by atoms with Crippen molar-refractivity contribution in [3.05, 3.63) is 83.9 Å². The average Bonchev–Trinajstić information content (AvgIpc) is 3.50. The largest absolute Gasteiger partial charge is 0.453 e. The number of anilines is 1. The van der Waals surface area contributed by atoms with E-state index in [4.69, 9.17) is 20.9 Å². The van der Waals surface area contributed by atoms with Gasteiger partial charge in [0.25, 0.3) is 0 Å². The van der Waals surface area contributed by atoms with Gasteiger partial charge in [-0.05, 0) is 12.0 Å². The number of nitrogens with two attached hydrogens (primary N) is 2. The molecular weight excluding hydrogens is 492 g/mol. The summed E-state index contributed by atoms with van der Waals surface area (Å²) in [4.78, 5) is 37.8. The van der Waals surface area contributed by atoms with Crippen LogP contribution in [0.1, 0.15) is 27.7 Å². The van der Waals surface area contributed by atoms with E-state index in [-0.39, 0.29) is 18.0 Å². The van der Waals surface area contributed by atoms with Gasteiger partial charge in [-0.3, -0.25) is 14.2 Å². The molecule has 1 fully saturated rings. The van der Waals surface area contributed by atoms with E-state index in [1.165, 1.54) is 17.2 Å². The zero-order valence-electron chi connectivity index (χ0n) is 20.1. The average molecular weight is 519 g/mol. The smallest absolute Gasteiger partial charge is 0.323 e. The molecule has 196 valence electrons. The molecule has 6 N–H and O–H groups in total. The molecule has 2 aromatic heterocycles. The maximum atomic E-state index is 12.9. The highest BCUT2D eigenvalue weighted by Gasteiger charge is 2.48. The van der Waals surface area contributed by atoms with Crippen LogP contribution < -0.4 is 11.5 Å². The van der Waals surface area contributed by atoms with E-state index in [0.29, 0.717) is 22.3 Å². The summed E-state index contributed by atoms with van der Waals surface area (Å²) in [6.45, 7) is -0.504. The summed E-state index contributed by atoms with van der Waals surface area (Å²) >= 11 is 0. The maximum absolute atomic E-state index is 12.9. The van der Waals surface area contributed by atoms with Gasteiger partial charge in [-0.2, -0.15) is 0 Å². The fourth-order valence-electron chi connectivity index (χ4n) is 4.38. The van der Waals surface area contributed by atoms with E-state index in [2.05, 4.69) is 15.0 Å². The fraction of sp³-hybridized carbons (Fsp3) is 0.269. The second-order valence-corrected chi connectivity index (χ2v) is 8.93. The number of fused-ring (bicyclic) bond motifs is 1. The number of hydrogen-bond acceptors (Lipinski definition) is 11. The highest BCUT2D eigenvalue weighted by molar-refractivity contribution is 6.08. The zero-order chi connectivity index (χ0) is 26.8. The molecular formula is C26H26N6O6. The van der Waals surface area contributed by atoms with Gasteiger partial charge in [0.15, 0.2) is 29.6 Å². The first kappa shape index (κ1) is 25.4. The number of hydrogen-bond donors (Lipinski definition) is 4. The summed E-state index contributed by atoms with van der Waals surface area (Å²) in [5.41, 5.74) is 14.4. The van der Waals surface area contributed by atoms with Crippen LogP contribution in [0.25, 0.3) is 11.2 Å². The van der Waals surface area contributed by atoms with Crippen molar-refractivity contribution in [3.63, 3.8) is 0 Å². The number of nitrogen functional groups attached to an aromatic ring is 1. The maximum Gasteiger partial charge on any atom is 0.323 e. The molecule has 0 bridgehead atoms. The molecule has 38 heavy (non-hydrogen) atoms. The summed E-state index contributed by atoms with van der Waals surface area (Å²) in [6.07, 6.45) is -1.83. The number of carbonyl (C=O) groups excluding carboxylic acids is 2. The first-order valence-electron chi connectivity index (χ1n) is 11.9. The molecule has 12 nitrogen and oxygen atoms in total. The van der Waals surface area contributed by atoms with Gasteiger partial charge in [-0.25, -0.2) is 15.0 Å². The molecule has 0 aliphatic carbocycles. The van der Waals surface area contributed by atoms with Crippen molar-refractivity contribution in [1.82, 2.24) is 19.5 Å². The number of aliphatic hydroxyl groups is 2. The van der Waals surface area contributed by atoms with E-state index in [0.717, 1.165) is 5.56 Å². The molecule has 1 aliphatic heterocycles. The van der Waals surface area contributed by atoms with Gasteiger partial charge in [-0.1, -0.05) is 54.6 Å². The van der Waals surface area contributed by atoms with Crippen LogP contribution in [0.2, 0.25) is 0 Å². The Kier molecular flexibility index (Phi) is 7.11. The van der Waals surface area contributed by atoms with Gasteiger partial charge >= 0.3 is 5.97 Å². The Morgan fingerprint density at radius 1 is 1.05 bits per heavy atom. The van der Waals surface area contributed by atoms with Crippen molar-refractivity contribution in [1.29, 1.82) is 0 Å². The van der Waals surface area contributed by atoms with E-state index in [1.807, 2.05) is 6.07 Å². The topological polar surface area (TPSA) is 189 Å². The second-order valence-electron chi connectivity index (χ2n) is 8.93. The minimum absolute atomic E-state index is 0.111. The monoisotopic (exact) mass is 518 g/mol. The molecule has 1 aliphatic rings. The fourth-order valence-corrected chi connectivity index (χ4v) is 4.38. The molecule has 0 radical (unpaired) electrons. The Morgan fingerprint density at radius 3 is 2.47 bits per heavy atom. The predicted molar refractivity (Wildman–Crippen MR) is 135 cm³/mol. The summed E-state index contributed by atoms with van der Waals surface area (Å²) in [5.74, 6) is -0.734. The van der Waals surface area contributed by atoms with Crippen molar-refractivity contribution in [2.45, 2.75) is 37.0 Å². The number of aromatic nitrogens is 4. The lowest BCUT2D eigenvalue weighted by atomic mass is 10.00. The van der Waals surface area contributed by atoms with Crippen LogP contribution in [0.3, 0.4) is 0 Å². The van der Waals surface area contributed by atoms with Gasteiger partial charge in [-0.15, -0.1) is 0 Å². The van der Waals surface area contributed by atoms with Crippen LogP contribution in [-0.2, 0) is 20.7 Å². The third kappa shape index (κ3) is 4.85. The zero-order valence-corrected chi connectivity index (χ0v) is 20.1. The molecule has 0 saturated carbocycles. The summed E-state index contributed by atoms with van der Waals surface area (Å²) in [5, 5.41) is 20.4. The number of imidazole rings is 1. The minimum Gasteiger partial charge on any atom is -0.453 e. The lowest BCUT2D eigenvalue weighted by Gasteiger charge is -2.23. The predicted octanol–water partition coefficient (Wildman–Crippen LogP) is 0.372. The Labute approximate surface area is 216 Å². The Hall–Kier alpha value is -4.23. The number of ether oxygens (including phenoxy) is 2. The number of carbonyl (C=O) groups is 2. The molecule has 1 unspecified atom stereocenters. The van der Waals surface area contributed by atoms with Crippen molar-refractivity contribution in [2.24, 2.45) is 5.73 Å². The van der Waals surface area contributed by atoms with Gasteiger partial charge < -0.3 is 31.2 Å². The molecule has 3 heterocycles. The summed E-state index contributed by atoms with van der Waals surface area (Å²) in [7, 11) is 0. The molecule has 12 heteroatoms. The number of ketones is 1. The lowest BCUT2D eigenvalue weighted by Crippen LogP contribution is -2.42. The highest BCUT2D eigenvalue weighted by Crippen LogP contribution is 2.34. The van der Waals surface area contributed by atoms with Gasteiger partial charge in [0.05, 0.1) is 12.9 Å². The van der Waals surface area contributed by atoms with Crippen LogP contribution >= 0.6 is 0 Å². The van der Waals surface area contributed by atoms with E-state index < -0.39 is 43.2 Å². The molecule has 5 rings (SSSR count). The molecule has 5 atom stereocenters. The first-order chi connectivity index (χ1) is 18.4. The Bertz CT molecular complexity index is 1440. The lowest BCUT2D eigenvalue weighted by molar-refractivity contribution is -0.160. The molecule has 0 spiro atoms. The van der Waals surface area contributed by atoms with Crippen LogP contribution in [0, 0.1) is 0 Å². The Balaban J connectivity index is 1.29. The molecule has 2 aromatic carbocycles. The first-order valence-corrected chi connectivity index (χ1v) is 11.9. The normalized spacial score (nSPS) is 21.9. The van der Waals surface area contributed by atoms with Crippen LogP contribution in [-0.4, -0.2) is 72.4 Å². The third-order valence-electron chi connectivity index (χ3n) is 6.42. The SMILES string of the molecule is Nc1ncnc2c1ncn2[C@H]1O[C@@H](CO)[C@H](O)[C@H]1OC(=O)C(N)Cc1ccc(C(=O)c2ccccc2)cc1. The summed E-state index contributed by atoms with van der Waals surface area (Å²) in [6, 6.07) is 14.7. The van der Waals surface area contributed by atoms with Crippen molar-refractivity contribution in [2.75, 3.05) is 12.3 Å². The quantitative estimate of drug-likeness (QED) is 0.186. The molecule has 0 amide bonds. The molecule has 1 saturated heterocycles. The number of rotatable bonds is 8. The van der Waals surface area contributed by atoms with Gasteiger partial charge in [0.2, 0.25) is 0 Å². The Morgan fingerprint density at radius 2 is 1.76 bits per heavy atom. The van der Waals surface area contributed by atoms with Crippen molar-refractivity contribution < 1.29 is 29.3 Å². The number of aliphatic hydroxyl groups excluding tert-OH is 2. The third-order valence-corrected chi connectivity index (χ3v) is 6.42. The number of nitrogens with zero attached hydrogens (tertiary/aromatic N) is 4. The van der Waals surface area contributed by atoms with E-state index in [9.17, 15) is 19.8 Å². The van der Waals surface area contributed by atoms with Crippen LogP contribution in [0.4, 0.5) is 5.82 Å². The number of esters is 1.